The van der Waals surface area contributed by atoms with Gasteiger partial charge in [-0.25, -0.2) is 0 Å². The third kappa shape index (κ3) is 2.52. The fraction of sp³-hybridized carbons (Fsp3) is 0.462. The molecule has 0 saturated carbocycles. The molecule has 0 bridgehead atoms. The van der Waals surface area contributed by atoms with Crippen LogP contribution >= 0.6 is 15.9 Å². The van der Waals surface area contributed by atoms with Gasteiger partial charge in [0.25, 0.3) is 5.91 Å². The smallest absolute Gasteiger partial charge is 0.257 e. The maximum Gasteiger partial charge on any atom is 0.257 e. The lowest BCUT2D eigenvalue weighted by Gasteiger charge is -2.24. The number of methoxy groups -OCH3 is 1. The number of nitrogens with zero attached hydrogens (tertiary/aromatic N) is 1. The van der Waals surface area contributed by atoms with Gasteiger partial charge in [0.05, 0.1) is 25.3 Å². The molecule has 18 heavy (non-hydrogen) atoms. The molecule has 0 unspecified atom stereocenters. The molecule has 1 saturated heterocycles. The van der Waals surface area contributed by atoms with Crippen molar-refractivity contribution in [1.82, 2.24) is 4.90 Å². The number of rotatable bonds is 3. The van der Waals surface area contributed by atoms with E-state index >= 15 is 0 Å². The number of amides is 1. The van der Waals surface area contributed by atoms with E-state index in [2.05, 4.69) is 15.9 Å². The van der Waals surface area contributed by atoms with Crippen molar-refractivity contribution in [3.05, 3.63) is 28.2 Å². The molecule has 1 N–H and O–H groups in total. The predicted octanol–water partition coefficient (Wildman–Crippen LogP) is 2.05. The molecule has 1 fully saturated rings. The summed E-state index contributed by atoms with van der Waals surface area (Å²) in [5.74, 6) is 0.483. The lowest BCUT2D eigenvalue weighted by atomic mass is 10.1. The topological polar surface area (TPSA) is 49.8 Å². The van der Waals surface area contributed by atoms with E-state index in [0.29, 0.717) is 17.9 Å². The molecule has 5 heteroatoms. The zero-order chi connectivity index (χ0) is 13.1. The number of carbonyl (C=O) groups is 1. The minimum absolute atomic E-state index is 0.0159. The summed E-state index contributed by atoms with van der Waals surface area (Å²) < 4.78 is 6.06. The Hall–Kier alpha value is -1.07. The Kier molecular flexibility index (Phi) is 4.24. The lowest BCUT2D eigenvalue weighted by molar-refractivity contribution is 0.0674. The second-order valence-electron chi connectivity index (χ2n) is 4.32. The number of aliphatic hydroxyl groups excluding tert-OH is 1. The molecule has 1 aliphatic heterocycles. The third-order valence-electron chi connectivity index (χ3n) is 3.24. The van der Waals surface area contributed by atoms with Crippen LogP contribution in [0.1, 0.15) is 23.2 Å². The maximum absolute atomic E-state index is 12.5. The number of carbonyl (C=O) groups excluding carboxylic acids is 1. The quantitative estimate of drug-likeness (QED) is 0.929. The van der Waals surface area contributed by atoms with Gasteiger partial charge in [0, 0.05) is 11.0 Å². The summed E-state index contributed by atoms with van der Waals surface area (Å²) in [5.41, 5.74) is 0.534. The normalized spacial score (nSPS) is 19.1. The molecule has 0 spiro atoms. The van der Waals surface area contributed by atoms with Crippen molar-refractivity contribution in [3.63, 3.8) is 0 Å². The summed E-state index contributed by atoms with van der Waals surface area (Å²) in [4.78, 5) is 14.2. The molecule has 2 rings (SSSR count). The van der Waals surface area contributed by atoms with Crippen LogP contribution in [0.3, 0.4) is 0 Å². The van der Waals surface area contributed by atoms with E-state index in [1.165, 1.54) is 0 Å². The van der Waals surface area contributed by atoms with Crippen LogP contribution in [0.2, 0.25) is 0 Å². The fourth-order valence-electron chi connectivity index (χ4n) is 2.29. The molecule has 0 aliphatic carbocycles. The van der Waals surface area contributed by atoms with Crippen molar-refractivity contribution in [2.45, 2.75) is 18.9 Å². The summed E-state index contributed by atoms with van der Waals surface area (Å²) >= 11 is 3.36. The number of aliphatic hydroxyl groups is 1. The highest BCUT2D eigenvalue weighted by atomic mass is 79.9. The van der Waals surface area contributed by atoms with Crippen molar-refractivity contribution in [2.75, 3.05) is 20.3 Å². The molecule has 1 aromatic rings. The second-order valence-corrected chi connectivity index (χ2v) is 5.24. The van der Waals surface area contributed by atoms with Gasteiger partial charge in [-0.1, -0.05) is 15.9 Å². The van der Waals surface area contributed by atoms with Gasteiger partial charge < -0.3 is 14.7 Å². The van der Waals surface area contributed by atoms with Crippen molar-refractivity contribution >= 4 is 21.8 Å². The first-order chi connectivity index (χ1) is 8.67. The summed E-state index contributed by atoms with van der Waals surface area (Å²) in [6, 6.07) is 5.29. The standard InChI is InChI=1S/C13H16BrNO3/c1-18-12-5-4-9(14)7-11(12)13(17)15-6-2-3-10(15)8-16/h4-5,7,10,16H,2-3,6,8H2,1H3/t10-/m1/s1. The van der Waals surface area contributed by atoms with Crippen LogP contribution in [0.4, 0.5) is 0 Å². The Labute approximate surface area is 115 Å². The van der Waals surface area contributed by atoms with Crippen molar-refractivity contribution in [1.29, 1.82) is 0 Å². The van der Waals surface area contributed by atoms with Gasteiger partial charge in [0.1, 0.15) is 5.75 Å². The number of likely N-dealkylation sites (tertiary alicyclic amines) is 1. The molecule has 1 atom stereocenters. The number of benzene rings is 1. The number of hydrogen-bond donors (Lipinski definition) is 1. The molecule has 4 nitrogen and oxygen atoms in total. The van der Waals surface area contributed by atoms with E-state index in [1.807, 2.05) is 6.07 Å². The molecule has 1 amide bonds. The van der Waals surface area contributed by atoms with E-state index in [9.17, 15) is 9.90 Å². The first-order valence-corrected chi connectivity index (χ1v) is 6.72. The van der Waals surface area contributed by atoms with Gasteiger partial charge in [0.2, 0.25) is 0 Å². The molecule has 0 aromatic heterocycles. The first kappa shape index (κ1) is 13.4. The zero-order valence-corrected chi connectivity index (χ0v) is 11.8. The van der Waals surface area contributed by atoms with E-state index in [4.69, 9.17) is 4.74 Å². The molecular weight excluding hydrogens is 298 g/mol. The van der Waals surface area contributed by atoms with Gasteiger partial charge in [-0.15, -0.1) is 0 Å². The number of ether oxygens (including phenoxy) is 1. The first-order valence-electron chi connectivity index (χ1n) is 5.92. The highest BCUT2D eigenvalue weighted by Gasteiger charge is 2.30. The summed E-state index contributed by atoms with van der Waals surface area (Å²) in [6.45, 7) is 0.710. The van der Waals surface area contributed by atoms with Gasteiger partial charge in [-0.2, -0.15) is 0 Å². The van der Waals surface area contributed by atoms with Gasteiger partial charge in [0.15, 0.2) is 0 Å². The van der Waals surface area contributed by atoms with E-state index in [-0.39, 0.29) is 18.6 Å². The fourth-order valence-corrected chi connectivity index (χ4v) is 2.66. The predicted molar refractivity (Wildman–Crippen MR) is 71.8 cm³/mol. The van der Waals surface area contributed by atoms with Gasteiger partial charge in [-0.05, 0) is 31.0 Å². The maximum atomic E-state index is 12.5. The van der Waals surface area contributed by atoms with E-state index in [1.54, 1.807) is 24.1 Å². The Balaban J connectivity index is 2.30. The average Bonchev–Trinajstić information content (AvgIpc) is 2.86. The minimum Gasteiger partial charge on any atom is -0.496 e. The van der Waals surface area contributed by atoms with Crippen molar-refractivity contribution < 1.29 is 14.6 Å². The summed E-state index contributed by atoms with van der Waals surface area (Å²) in [7, 11) is 1.55. The Bertz CT molecular complexity index is 450. The van der Waals surface area contributed by atoms with Gasteiger partial charge >= 0.3 is 0 Å². The number of hydrogen-bond acceptors (Lipinski definition) is 3. The highest BCUT2D eigenvalue weighted by Crippen LogP contribution is 2.27. The molecule has 1 heterocycles. The molecular formula is C13H16BrNO3. The highest BCUT2D eigenvalue weighted by molar-refractivity contribution is 9.10. The average molecular weight is 314 g/mol. The van der Waals surface area contributed by atoms with Crippen LogP contribution in [0, 0.1) is 0 Å². The second kappa shape index (κ2) is 5.71. The summed E-state index contributed by atoms with van der Waals surface area (Å²) in [5, 5.41) is 9.28. The molecule has 98 valence electrons. The van der Waals surface area contributed by atoms with Crippen LogP contribution in [0.5, 0.6) is 5.75 Å². The Morgan fingerprint density at radius 2 is 2.39 bits per heavy atom. The van der Waals surface area contributed by atoms with Crippen LogP contribution in [0.25, 0.3) is 0 Å². The van der Waals surface area contributed by atoms with Crippen molar-refractivity contribution in [2.24, 2.45) is 0 Å². The number of halogens is 1. The minimum atomic E-state index is -0.0790. The van der Waals surface area contributed by atoms with E-state index in [0.717, 1.165) is 17.3 Å². The van der Waals surface area contributed by atoms with Crippen LogP contribution < -0.4 is 4.74 Å². The molecule has 1 aliphatic rings. The van der Waals surface area contributed by atoms with Crippen LogP contribution in [-0.2, 0) is 0 Å². The van der Waals surface area contributed by atoms with Crippen LogP contribution in [0.15, 0.2) is 22.7 Å². The Morgan fingerprint density at radius 1 is 1.61 bits per heavy atom. The SMILES string of the molecule is COc1ccc(Br)cc1C(=O)N1CCC[C@@H]1CO. The lowest BCUT2D eigenvalue weighted by Crippen LogP contribution is -2.37. The molecule has 0 radical (unpaired) electrons. The third-order valence-corrected chi connectivity index (χ3v) is 3.73. The largest absolute Gasteiger partial charge is 0.496 e. The monoisotopic (exact) mass is 313 g/mol. The van der Waals surface area contributed by atoms with E-state index < -0.39 is 0 Å². The van der Waals surface area contributed by atoms with Gasteiger partial charge in [-0.3, -0.25) is 4.79 Å². The van der Waals surface area contributed by atoms with Crippen molar-refractivity contribution in [3.8, 4) is 5.75 Å². The summed E-state index contributed by atoms with van der Waals surface area (Å²) in [6.07, 6.45) is 1.80. The molecule has 1 aromatic carbocycles. The zero-order valence-electron chi connectivity index (χ0n) is 10.2. The van der Waals surface area contributed by atoms with Crippen LogP contribution in [-0.4, -0.2) is 42.2 Å². The Morgan fingerprint density at radius 3 is 3.06 bits per heavy atom.